The van der Waals surface area contributed by atoms with Crippen molar-refractivity contribution in [3.8, 4) is 0 Å². The Morgan fingerprint density at radius 3 is 2.85 bits per heavy atom. The molecule has 1 saturated heterocycles. The van der Waals surface area contributed by atoms with Gasteiger partial charge in [-0.3, -0.25) is 14.3 Å². The SMILES string of the molecule is CCC[C@H](c1nc2ncc(Br)cc2c(=O)n1CC1CC1)N1CCC[C@@H](C)C1. The summed E-state index contributed by atoms with van der Waals surface area (Å²) in [6, 6.07) is 2.07. The Bertz CT molecular complexity index is 876. The van der Waals surface area contributed by atoms with Crippen LogP contribution in [0.25, 0.3) is 11.0 Å². The van der Waals surface area contributed by atoms with Crippen molar-refractivity contribution in [1.82, 2.24) is 19.4 Å². The normalized spacial score (nSPS) is 22.3. The van der Waals surface area contributed by atoms with E-state index in [1.54, 1.807) is 6.20 Å². The molecule has 2 aliphatic rings. The van der Waals surface area contributed by atoms with Crippen LogP contribution in [0.15, 0.2) is 21.5 Å². The minimum absolute atomic E-state index is 0.0712. The third-order valence-corrected chi connectivity index (χ3v) is 6.37. The van der Waals surface area contributed by atoms with Gasteiger partial charge in [-0.05, 0) is 72.5 Å². The molecule has 2 aromatic heterocycles. The van der Waals surface area contributed by atoms with Crippen molar-refractivity contribution in [2.75, 3.05) is 13.1 Å². The molecule has 0 amide bonds. The topological polar surface area (TPSA) is 51.0 Å². The summed E-state index contributed by atoms with van der Waals surface area (Å²) < 4.78 is 2.81. The highest BCUT2D eigenvalue weighted by Gasteiger charge is 2.31. The van der Waals surface area contributed by atoms with Crippen LogP contribution >= 0.6 is 15.9 Å². The summed E-state index contributed by atoms with van der Waals surface area (Å²) >= 11 is 3.45. The van der Waals surface area contributed by atoms with E-state index in [0.29, 0.717) is 22.9 Å². The quantitative estimate of drug-likeness (QED) is 0.672. The molecule has 1 aliphatic heterocycles. The van der Waals surface area contributed by atoms with Crippen LogP contribution in [0.4, 0.5) is 0 Å². The molecule has 0 N–H and O–H groups in total. The Hall–Kier alpha value is -1.27. The van der Waals surface area contributed by atoms with Gasteiger partial charge in [0.15, 0.2) is 5.65 Å². The Kier molecular flexibility index (Phi) is 5.65. The highest BCUT2D eigenvalue weighted by atomic mass is 79.9. The number of rotatable bonds is 6. The van der Waals surface area contributed by atoms with Gasteiger partial charge in [-0.1, -0.05) is 20.3 Å². The molecule has 146 valence electrons. The molecule has 6 heteroatoms. The molecular weight excluding hydrogens is 404 g/mol. The Morgan fingerprint density at radius 1 is 1.33 bits per heavy atom. The molecule has 2 aromatic rings. The van der Waals surface area contributed by atoms with Crippen molar-refractivity contribution in [3.05, 3.63) is 32.9 Å². The lowest BCUT2D eigenvalue weighted by molar-refractivity contribution is 0.114. The van der Waals surface area contributed by atoms with Crippen molar-refractivity contribution in [1.29, 1.82) is 0 Å². The van der Waals surface area contributed by atoms with Gasteiger partial charge in [0, 0.05) is 23.8 Å². The van der Waals surface area contributed by atoms with Crippen molar-refractivity contribution >= 4 is 27.0 Å². The molecule has 3 heterocycles. The molecule has 0 unspecified atom stereocenters. The monoisotopic (exact) mass is 432 g/mol. The van der Waals surface area contributed by atoms with Crippen molar-refractivity contribution in [3.63, 3.8) is 0 Å². The maximum absolute atomic E-state index is 13.4. The van der Waals surface area contributed by atoms with Crippen LogP contribution in [0.5, 0.6) is 0 Å². The number of hydrogen-bond donors (Lipinski definition) is 0. The zero-order chi connectivity index (χ0) is 19.0. The summed E-state index contributed by atoms with van der Waals surface area (Å²) in [6.07, 6.45) is 8.83. The van der Waals surface area contributed by atoms with E-state index in [-0.39, 0.29) is 11.6 Å². The number of halogens is 1. The van der Waals surface area contributed by atoms with Gasteiger partial charge in [-0.2, -0.15) is 0 Å². The molecule has 1 aliphatic carbocycles. The van der Waals surface area contributed by atoms with E-state index >= 15 is 0 Å². The summed E-state index contributed by atoms with van der Waals surface area (Å²) in [5.74, 6) is 2.27. The first-order valence-electron chi connectivity index (χ1n) is 10.4. The van der Waals surface area contributed by atoms with Crippen molar-refractivity contribution in [2.24, 2.45) is 11.8 Å². The minimum Gasteiger partial charge on any atom is -0.294 e. The van der Waals surface area contributed by atoms with Gasteiger partial charge in [0.05, 0.1) is 11.4 Å². The number of aromatic nitrogens is 3. The van der Waals surface area contributed by atoms with E-state index in [2.05, 4.69) is 39.7 Å². The number of likely N-dealkylation sites (tertiary alicyclic amines) is 1. The molecule has 5 nitrogen and oxygen atoms in total. The second kappa shape index (κ2) is 8.00. The van der Waals surface area contributed by atoms with Crippen molar-refractivity contribution in [2.45, 2.75) is 65.0 Å². The first kappa shape index (κ1) is 19.1. The van der Waals surface area contributed by atoms with Crippen LogP contribution in [0.1, 0.15) is 64.2 Å². The maximum Gasteiger partial charge on any atom is 0.263 e. The summed E-state index contributed by atoms with van der Waals surface area (Å²) in [4.78, 5) is 25.3. The maximum atomic E-state index is 13.4. The number of pyridine rings is 1. The van der Waals surface area contributed by atoms with E-state index in [9.17, 15) is 4.79 Å². The molecule has 2 fully saturated rings. The average molecular weight is 433 g/mol. The first-order chi connectivity index (χ1) is 13.1. The lowest BCUT2D eigenvalue weighted by Crippen LogP contribution is -2.40. The third kappa shape index (κ3) is 4.11. The van der Waals surface area contributed by atoms with Gasteiger partial charge < -0.3 is 0 Å². The van der Waals surface area contributed by atoms with Gasteiger partial charge in [0.2, 0.25) is 0 Å². The smallest absolute Gasteiger partial charge is 0.263 e. The number of fused-ring (bicyclic) bond motifs is 1. The molecule has 4 rings (SSSR count). The van der Waals surface area contributed by atoms with E-state index in [0.717, 1.165) is 42.8 Å². The van der Waals surface area contributed by atoms with E-state index in [1.807, 2.05) is 10.6 Å². The van der Waals surface area contributed by atoms with Crippen LogP contribution in [0.2, 0.25) is 0 Å². The number of nitrogens with zero attached hydrogens (tertiary/aromatic N) is 4. The zero-order valence-corrected chi connectivity index (χ0v) is 17.9. The molecular formula is C21H29BrN4O. The van der Waals surface area contributed by atoms with Gasteiger partial charge in [-0.15, -0.1) is 0 Å². The van der Waals surface area contributed by atoms with E-state index in [1.165, 1.54) is 25.7 Å². The lowest BCUT2D eigenvalue weighted by atomic mass is 9.97. The second-order valence-corrected chi connectivity index (χ2v) is 9.32. The standard InChI is InChI=1S/C21H29BrN4O/c1-3-5-18(25-9-4-6-14(2)12-25)20-24-19-17(10-16(22)11-23-19)21(27)26(20)13-15-7-8-15/h10-11,14-15,18H,3-9,12-13H2,1-2H3/t14-,18-/m1/s1. The molecule has 0 aromatic carbocycles. The Balaban J connectivity index is 1.83. The fourth-order valence-electron chi connectivity index (χ4n) is 4.34. The number of piperidine rings is 1. The van der Waals surface area contributed by atoms with E-state index < -0.39 is 0 Å². The first-order valence-corrected chi connectivity index (χ1v) is 11.2. The second-order valence-electron chi connectivity index (χ2n) is 8.40. The summed E-state index contributed by atoms with van der Waals surface area (Å²) in [7, 11) is 0. The third-order valence-electron chi connectivity index (χ3n) is 5.93. The summed E-state index contributed by atoms with van der Waals surface area (Å²) in [5, 5.41) is 0.621. The van der Waals surface area contributed by atoms with Crippen LogP contribution in [0, 0.1) is 11.8 Å². The Labute approximate surface area is 169 Å². The highest BCUT2D eigenvalue weighted by Crippen LogP contribution is 2.34. The zero-order valence-electron chi connectivity index (χ0n) is 16.3. The molecule has 0 bridgehead atoms. The van der Waals surface area contributed by atoms with Crippen molar-refractivity contribution < 1.29 is 0 Å². The van der Waals surface area contributed by atoms with Gasteiger partial charge in [-0.25, -0.2) is 9.97 Å². The predicted molar refractivity (Wildman–Crippen MR) is 112 cm³/mol. The van der Waals surface area contributed by atoms with Gasteiger partial charge in [0.1, 0.15) is 5.82 Å². The van der Waals surface area contributed by atoms with Gasteiger partial charge in [0.25, 0.3) is 5.56 Å². The van der Waals surface area contributed by atoms with Crippen LogP contribution in [-0.2, 0) is 6.54 Å². The Morgan fingerprint density at radius 2 is 2.15 bits per heavy atom. The highest BCUT2D eigenvalue weighted by molar-refractivity contribution is 9.10. The molecule has 0 spiro atoms. The van der Waals surface area contributed by atoms with Crippen LogP contribution < -0.4 is 5.56 Å². The molecule has 0 radical (unpaired) electrons. The lowest BCUT2D eigenvalue weighted by Gasteiger charge is -2.37. The van der Waals surface area contributed by atoms with E-state index in [4.69, 9.17) is 4.98 Å². The molecule has 27 heavy (non-hydrogen) atoms. The fourth-order valence-corrected chi connectivity index (χ4v) is 4.67. The minimum atomic E-state index is 0.0712. The predicted octanol–water partition coefficient (Wildman–Crippen LogP) is 4.54. The fraction of sp³-hybridized carbons (Fsp3) is 0.667. The number of hydrogen-bond acceptors (Lipinski definition) is 4. The summed E-state index contributed by atoms with van der Waals surface area (Å²) in [5.41, 5.74) is 0.651. The van der Waals surface area contributed by atoms with Gasteiger partial charge >= 0.3 is 0 Å². The van der Waals surface area contributed by atoms with Crippen LogP contribution in [-0.4, -0.2) is 32.5 Å². The summed E-state index contributed by atoms with van der Waals surface area (Å²) in [6.45, 7) is 7.54. The van der Waals surface area contributed by atoms with Crippen LogP contribution in [0.3, 0.4) is 0 Å². The molecule has 1 saturated carbocycles. The molecule has 2 atom stereocenters. The largest absolute Gasteiger partial charge is 0.294 e. The average Bonchev–Trinajstić information content (AvgIpc) is 3.47.